The van der Waals surface area contributed by atoms with Crippen LogP contribution in [0.25, 0.3) is 0 Å². The lowest BCUT2D eigenvalue weighted by atomic mass is 9.98. The summed E-state index contributed by atoms with van der Waals surface area (Å²) >= 11 is 0. The van der Waals surface area contributed by atoms with Crippen molar-refractivity contribution in [1.82, 2.24) is 0 Å². The van der Waals surface area contributed by atoms with Crippen molar-refractivity contribution in [2.45, 2.75) is 59.1 Å². The quantitative estimate of drug-likeness (QED) is 0.595. The molecule has 112 valence electrons. The molecule has 0 saturated carbocycles. The summed E-state index contributed by atoms with van der Waals surface area (Å²) in [6.07, 6.45) is 1.84. The summed E-state index contributed by atoms with van der Waals surface area (Å²) in [5.41, 5.74) is 0.313. The fourth-order valence-corrected chi connectivity index (χ4v) is 2.21. The first-order chi connectivity index (χ1) is 9.26. The van der Waals surface area contributed by atoms with E-state index >= 15 is 0 Å². The summed E-state index contributed by atoms with van der Waals surface area (Å²) in [6.45, 7) is 9.87. The molecule has 0 aromatic heterocycles. The van der Waals surface area contributed by atoms with Crippen LogP contribution in [0.1, 0.15) is 47.5 Å². The summed E-state index contributed by atoms with van der Waals surface area (Å²) in [5.74, 6) is 0.308. The minimum absolute atomic E-state index is 0.00498. The van der Waals surface area contributed by atoms with E-state index in [2.05, 4.69) is 12.2 Å². The lowest BCUT2D eigenvalue weighted by Gasteiger charge is -2.27. The Morgan fingerprint density at radius 1 is 1.40 bits per heavy atom. The number of benzene rings is 1. The van der Waals surface area contributed by atoms with Crippen LogP contribution in [0.5, 0.6) is 5.75 Å². The number of nitro groups is 1. The van der Waals surface area contributed by atoms with E-state index in [-0.39, 0.29) is 22.3 Å². The third-order valence-electron chi connectivity index (χ3n) is 2.89. The molecule has 0 fully saturated rings. The van der Waals surface area contributed by atoms with Crippen molar-refractivity contribution in [3.8, 4) is 5.75 Å². The number of ether oxygens (including phenoxy) is 1. The summed E-state index contributed by atoms with van der Waals surface area (Å²) in [6, 6.07) is 5.13. The maximum atomic E-state index is 11.4. The van der Waals surface area contributed by atoms with Gasteiger partial charge in [0.15, 0.2) is 5.75 Å². The summed E-state index contributed by atoms with van der Waals surface area (Å²) in [5, 5.41) is 14.6. The number of nitrogens with zero attached hydrogens (tertiary/aromatic N) is 1. The number of para-hydroxylation sites is 1. The zero-order valence-corrected chi connectivity index (χ0v) is 12.9. The van der Waals surface area contributed by atoms with Crippen LogP contribution in [0.2, 0.25) is 0 Å². The van der Waals surface area contributed by atoms with Gasteiger partial charge in [-0.3, -0.25) is 10.1 Å². The molecule has 0 amide bonds. The molecule has 5 nitrogen and oxygen atoms in total. The molecule has 0 atom stereocenters. The van der Waals surface area contributed by atoms with Gasteiger partial charge in [-0.15, -0.1) is 0 Å². The third-order valence-corrected chi connectivity index (χ3v) is 2.89. The van der Waals surface area contributed by atoms with Crippen LogP contribution in [-0.4, -0.2) is 16.6 Å². The molecule has 0 aliphatic rings. The van der Waals surface area contributed by atoms with E-state index in [1.54, 1.807) is 18.2 Å². The fourth-order valence-electron chi connectivity index (χ4n) is 2.21. The van der Waals surface area contributed by atoms with E-state index in [4.69, 9.17) is 4.74 Å². The van der Waals surface area contributed by atoms with Crippen LogP contribution in [-0.2, 0) is 0 Å². The highest BCUT2D eigenvalue weighted by atomic mass is 16.6. The van der Waals surface area contributed by atoms with E-state index in [0.29, 0.717) is 11.4 Å². The Kier molecular flexibility index (Phi) is 5.36. The Bertz CT molecular complexity index is 470. The average molecular weight is 280 g/mol. The van der Waals surface area contributed by atoms with Crippen LogP contribution in [0.3, 0.4) is 0 Å². The Balaban J connectivity index is 3.16. The standard InChI is InChI=1S/C15H24N2O3/c1-6-10-15(4,5)16-12-8-7-9-13(20-11(2)3)14(12)17(18)19/h7-9,11,16H,6,10H2,1-5H3. The zero-order valence-electron chi connectivity index (χ0n) is 12.9. The molecule has 0 aliphatic heterocycles. The minimum atomic E-state index is -0.387. The Morgan fingerprint density at radius 2 is 2.05 bits per heavy atom. The van der Waals surface area contributed by atoms with Crippen molar-refractivity contribution in [3.05, 3.63) is 28.3 Å². The monoisotopic (exact) mass is 280 g/mol. The number of hydrogen-bond acceptors (Lipinski definition) is 4. The van der Waals surface area contributed by atoms with Crippen molar-refractivity contribution in [2.24, 2.45) is 0 Å². The van der Waals surface area contributed by atoms with Crippen molar-refractivity contribution >= 4 is 11.4 Å². The Hall–Kier alpha value is -1.78. The largest absolute Gasteiger partial charge is 0.484 e. The SMILES string of the molecule is CCCC(C)(C)Nc1cccc(OC(C)C)c1[N+](=O)[O-]. The van der Waals surface area contributed by atoms with Crippen LogP contribution in [0.4, 0.5) is 11.4 Å². The van der Waals surface area contributed by atoms with E-state index in [1.807, 2.05) is 27.7 Å². The van der Waals surface area contributed by atoms with E-state index in [9.17, 15) is 10.1 Å². The molecule has 0 spiro atoms. The zero-order chi connectivity index (χ0) is 15.3. The van der Waals surface area contributed by atoms with Gasteiger partial charge in [0.2, 0.25) is 0 Å². The van der Waals surface area contributed by atoms with Gasteiger partial charge in [-0.05, 0) is 46.2 Å². The molecule has 0 heterocycles. The predicted octanol–water partition coefficient (Wildman–Crippen LogP) is 4.37. The van der Waals surface area contributed by atoms with Crippen molar-refractivity contribution in [2.75, 3.05) is 5.32 Å². The first-order valence-electron chi connectivity index (χ1n) is 6.99. The topological polar surface area (TPSA) is 64.4 Å². The highest BCUT2D eigenvalue weighted by Gasteiger charge is 2.26. The molecule has 0 bridgehead atoms. The number of rotatable bonds is 7. The summed E-state index contributed by atoms with van der Waals surface area (Å²) in [4.78, 5) is 11.0. The lowest BCUT2D eigenvalue weighted by molar-refractivity contribution is -0.385. The molecule has 0 saturated heterocycles. The van der Waals surface area contributed by atoms with Gasteiger partial charge in [0, 0.05) is 5.54 Å². The molecule has 1 N–H and O–H groups in total. The van der Waals surface area contributed by atoms with Crippen LogP contribution < -0.4 is 10.1 Å². The van der Waals surface area contributed by atoms with Crippen molar-refractivity contribution in [3.63, 3.8) is 0 Å². The molecular formula is C15H24N2O3. The number of anilines is 1. The molecular weight excluding hydrogens is 256 g/mol. The van der Waals surface area contributed by atoms with Crippen molar-refractivity contribution < 1.29 is 9.66 Å². The number of hydrogen-bond donors (Lipinski definition) is 1. The van der Waals surface area contributed by atoms with Crippen LogP contribution in [0, 0.1) is 10.1 Å². The second kappa shape index (κ2) is 6.59. The molecule has 1 aromatic rings. The first-order valence-corrected chi connectivity index (χ1v) is 6.99. The average Bonchev–Trinajstić information content (AvgIpc) is 2.26. The van der Waals surface area contributed by atoms with E-state index in [1.165, 1.54) is 0 Å². The summed E-state index contributed by atoms with van der Waals surface area (Å²) in [7, 11) is 0. The normalized spacial score (nSPS) is 11.5. The van der Waals surface area contributed by atoms with Gasteiger partial charge >= 0.3 is 5.69 Å². The van der Waals surface area contributed by atoms with Gasteiger partial charge in [-0.1, -0.05) is 19.4 Å². The van der Waals surface area contributed by atoms with Gasteiger partial charge < -0.3 is 10.1 Å². The first kappa shape index (κ1) is 16.3. The maximum Gasteiger partial charge on any atom is 0.333 e. The summed E-state index contributed by atoms with van der Waals surface area (Å²) < 4.78 is 5.54. The van der Waals surface area contributed by atoms with Gasteiger partial charge in [0.1, 0.15) is 5.69 Å². The van der Waals surface area contributed by atoms with Gasteiger partial charge in [0.05, 0.1) is 11.0 Å². The second-order valence-corrected chi connectivity index (χ2v) is 5.83. The fraction of sp³-hybridized carbons (Fsp3) is 0.600. The van der Waals surface area contributed by atoms with Gasteiger partial charge in [0.25, 0.3) is 0 Å². The maximum absolute atomic E-state index is 11.4. The van der Waals surface area contributed by atoms with Gasteiger partial charge in [-0.25, -0.2) is 0 Å². The third kappa shape index (κ3) is 4.40. The molecule has 0 aliphatic carbocycles. The molecule has 1 rings (SSSR count). The van der Waals surface area contributed by atoms with Crippen molar-refractivity contribution in [1.29, 1.82) is 0 Å². The molecule has 0 unspecified atom stereocenters. The number of nitro benzene ring substituents is 1. The van der Waals surface area contributed by atoms with Crippen LogP contribution in [0.15, 0.2) is 18.2 Å². The van der Waals surface area contributed by atoms with E-state index < -0.39 is 0 Å². The molecule has 20 heavy (non-hydrogen) atoms. The predicted molar refractivity (Wildman–Crippen MR) is 81.5 cm³/mol. The van der Waals surface area contributed by atoms with Gasteiger partial charge in [-0.2, -0.15) is 0 Å². The minimum Gasteiger partial charge on any atom is -0.484 e. The Morgan fingerprint density at radius 3 is 2.55 bits per heavy atom. The molecule has 5 heteroatoms. The smallest absolute Gasteiger partial charge is 0.333 e. The van der Waals surface area contributed by atoms with Crippen LogP contribution >= 0.6 is 0 Å². The molecule has 0 radical (unpaired) electrons. The highest BCUT2D eigenvalue weighted by molar-refractivity contribution is 5.69. The molecule has 1 aromatic carbocycles. The lowest BCUT2D eigenvalue weighted by Crippen LogP contribution is -2.30. The van der Waals surface area contributed by atoms with E-state index in [0.717, 1.165) is 12.8 Å². The Labute approximate surface area is 120 Å². The second-order valence-electron chi connectivity index (χ2n) is 5.83. The highest BCUT2D eigenvalue weighted by Crippen LogP contribution is 2.37. The number of nitrogens with one attached hydrogen (secondary N) is 1.